The summed E-state index contributed by atoms with van der Waals surface area (Å²) in [6.45, 7) is 0.913. The van der Waals surface area contributed by atoms with Crippen molar-refractivity contribution in [2.24, 2.45) is 7.05 Å². The number of hydrogen-bond donors (Lipinski definition) is 1. The highest BCUT2D eigenvalue weighted by atomic mass is 35.5. The average Bonchev–Trinajstić information content (AvgIpc) is 2.35. The highest BCUT2D eigenvalue weighted by Gasteiger charge is 2.08. The van der Waals surface area contributed by atoms with E-state index in [1.54, 1.807) is 11.6 Å². The van der Waals surface area contributed by atoms with Crippen LogP contribution in [0.4, 0.5) is 0 Å². The molecular formula is C14H17ClN2O. The number of fused-ring (bicyclic) bond motifs is 1. The minimum Gasteiger partial charge on any atom is -0.320 e. The molecule has 0 amide bonds. The number of aromatic nitrogens is 1. The molecule has 0 atom stereocenters. The number of nitrogens with one attached hydrogen (secondary N) is 1. The Morgan fingerprint density at radius 1 is 1.39 bits per heavy atom. The van der Waals surface area contributed by atoms with E-state index in [2.05, 4.69) is 5.32 Å². The van der Waals surface area contributed by atoms with Crippen molar-refractivity contribution < 1.29 is 0 Å². The van der Waals surface area contributed by atoms with Crippen LogP contribution in [0.1, 0.15) is 12.0 Å². The maximum atomic E-state index is 12.2. The number of pyridine rings is 1. The van der Waals surface area contributed by atoms with Gasteiger partial charge in [0.25, 0.3) is 5.56 Å². The van der Waals surface area contributed by atoms with Crippen molar-refractivity contribution in [3.8, 4) is 0 Å². The zero-order valence-electron chi connectivity index (χ0n) is 10.7. The van der Waals surface area contributed by atoms with Crippen molar-refractivity contribution in [1.82, 2.24) is 9.88 Å². The molecule has 2 aromatic rings. The van der Waals surface area contributed by atoms with Gasteiger partial charge in [-0.15, -0.1) is 0 Å². The van der Waals surface area contributed by atoms with E-state index < -0.39 is 0 Å². The fourth-order valence-corrected chi connectivity index (χ4v) is 2.51. The van der Waals surface area contributed by atoms with Crippen LogP contribution in [-0.2, 0) is 13.5 Å². The number of halogens is 1. The van der Waals surface area contributed by atoms with E-state index in [0.717, 1.165) is 35.9 Å². The molecule has 96 valence electrons. The lowest BCUT2D eigenvalue weighted by Gasteiger charge is -2.10. The van der Waals surface area contributed by atoms with Crippen molar-refractivity contribution in [1.29, 1.82) is 0 Å². The molecule has 0 saturated carbocycles. The van der Waals surface area contributed by atoms with Crippen LogP contribution in [0.25, 0.3) is 10.9 Å². The van der Waals surface area contributed by atoms with Gasteiger partial charge >= 0.3 is 0 Å². The fraction of sp³-hybridized carbons (Fsp3) is 0.357. The summed E-state index contributed by atoms with van der Waals surface area (Å²) in [5.41, 5.74) is 1.70. The van der Waals surface area contributed by atoms with Gasteiger partial charge in [-0.2, -0.15) is 0 Å². The fourth-order valence-electron chi connectivity index (χ4n) is 2.20. The van der Waals surface area contributed by atoms with E-state index in [4.69, 9.17) is 11.6 Å². The predicted molar refractivity (Wildman–Crippen MR) is 76.4 cm³/mol. The van der Waals surface area contributed by atoms with Crippen molar-refractivity contribution in [2.75, 3.05) is 13.6 Å². The Kier molecular flexibility index (Phi) is 4.04. The molecule has 0 aliphatic heterocycles. The number of benzene rings is 1. The summed E-state index contributed by atoms with van der Waals surface area (Å²) in [6.07, 6.45) is 1.74. The maximum Gasteiger partial charge on any atom is 0.254 e. The van der Waals surface area contributed by atoms with E-state index in [1.807, 2.05) is 31.3 Å². The minimum atomic E-state index is 0.0479. The van der Waals surface area contributed by atoms with Crippen molar-refractivity contribution >= 4 is 22.5 Å². The third-order valence-electron chi connectivity index (χ3n) is 3.14. The highest BCUT2D eigenvalue weighted by Crippen LogP contribution is 2.22. The number of rotatable bonds is 4. The van der Waals surface area contributed by atoms with Crippen LogP contribution in [0, 0.1) is 0 Å². The van der Waals surface area contributed by atoms with Gasteiger partial charge in [-0.25, -0.2) is 0 Å². The van der Waals surface area contributed by atoms with Crippen LogP contribution >= 0.6 is 11.6 Å². The molecule has 1 heterocycles. The quantitative estimate of drug-likeness (QED) is 0.860. The van der Waals surface area contributed by atoms with Crippen LogP contribution in [-0.4, -0.2) is 18.2 Å². The van der Waals surface area contributed by atoms with Crippen LogP contribution in [0.3, 0.4) is 0 Å². The largest absolute Gasteiger partial charge is 0.320 e. The standard InChI is InChI=1S/C14H17ClN2O/c1-16-8-4-6-11-9-10-5-3-7-12(15)13(10)17(2)14(11)18/h3,5,7,9,16H,4,6,8H2,1-2H3. The Morgan fingerprint density at radius 2 is 2.17 bits per heavy atom. The molecule has 0 aliphatic carbocycles. The van der Waals surface area contributed by atoms with Gasteiger partial charge < -0.3 is 9.88 Å². The normalized spacial score (nSPS) is 11.1. The van der Waals surface area contributed by atoms with Crippen molar-refractivity contribution in [2.45, 2.75) is 12.8 Å². The zero-order chi connectivity index (χ0) is 13.1. The summed E-state index contributed by atoms with van der Waals surface area (Å²) in [5.74, 6) is 0. The van der Waals surface area contributed by atoms with Gasteiger partial charge in [0.15, 0.2) is 0 Å². The molecular weight excluding hydrogens is 248 g/mol. The molecule has 0 bridgehead atoms. The number of hydrogen-bond acceptors (Lipinski definition) is 2. The summed E-state index contributed by atoms with van der Waals surface area (Å²) >= 11 is 6.14. The summed E-state index contributed by atoms with van der Waals surface area (Å²) < 4.78 is 1.65. The van der Waals surface area contributed by atoms with Crippen LogP contribution in [0.5, 0.6) is 0 Å². The van der Waals surface area contributed by atoms with Gasteiger partial charge in [-0.1, -0.05) is 23.7 Å². The zero-order valence-corrected chi connectivity index (χ0v) is 11.4. The van der Waals surface area contributed by atoms with Gasteiger partial charge in [0.1, 0.15) is 0 Å². The molecule has 0 radical (unpaired) electrons. The lowest BCUT2D eigenvalue weighted by Crippen LogP contribution is -2.22. The van der Waals surface area contributed by atoms with Gasteiger partial charge in [0, 0.05) is 18.0 Å². The molecule has 0 unspecified atom stereocenters. The van der Waals surface area contributed by atoms with Gasteiger partial charge in [0.2, 0.25) is 0 Å². The second kappa shape index (κ2) is 5.55. The first-order valence-corrected chi connectivity index (χ1v) is 6.44. The first-order valence-electron chi connectivity index (χ1n) is 6.07. The topological polar surface area (TPSA) is 34.0 Å². The third kappa shape index (κ3) is 2.42. The Hall–Kier alpha value is -1.32. The molecule has 18 heavy (non-hydrogen) atoms. The van der Waals surface area contributed by atoms with E-state index in [-0.39, 0.29) is 5.56 Å². The minimum absolute atomic E-state index is 0.0479. The van der Waals surface area contributed by atoms with E-state index in [9.17, 15) is 4.79 Å². The molecule has 3 nitrogen and oxygen atoms in total. The van der Waals surface area contributed by atoms with Gasteiger partial charge in [-0.3, -0.25) is 4.79 Å². The van der Waals surface area contributed by atoms with Gasteiger partial charge in [0.05, 0.1) is 10.5 Å². The Bertz CT molecular complexity index is 619. The smallest absolute Gasteiger partial charge is 0.254 e. The maximum absolute atomic E-state index is 12.2. The first kappa shape index (κ1) is 13.1. The predicted octanol–water partition coefficient (Wildman–Crippen LogP) is 2.34. The first-order chi connectivity index (χ1) is 8.65. The van der Waals surface area contributed by atoms with Crippen LogP contribution in [0.2, 0.25) is 5.02 Å². The second-order valence-corrected chi connectivity index (χ2v) is 4.83. The second-order valence-electron chi connectivity index (χ2n) is 4.42. The summed E-state index contributed by atoms with van der Waals surface area (Å²) in [6, 6.07) is 7.66. The van der Waals surface area contributed by atoms with E-state index >= 15 is 0 Å². The number of nitrogens with zero attached hydrogens (tertiary/aromatic N) is 1. The lowest BCUT2D eigenvalue weighted by atomic mass is 10.1. The number of aryl methyl sites for hydroxylation is 2. The van der Waals surface area contributed by atoms with Crippen LogP contribution in [0.15, 0.2) is 29.1 Å². The Labute approximate surface area is 111 Å². The molecule has 0 fully saturated rings. The summed E-state index contributed by atoms with van der Waals surface area (Å²) in [4.78, 5) is 12.2. The van der Waals surface area contributed by atoms with Crippen molar-refractivity contribution in [3.05, 3.63) is 45.2 Å². The third-order valence-corrected chi connectivity index (χ3v) is 3.44. The molecule has 4 heteroatoms. The summed E-state index contributed by atoms with van der Waals surface area (Å²) in [5, 5.41) is 4.73. The molecule has 0 aliphatic rings. The van der Waals surface area contributed by atoms with E-state index in [0.29, 0.717) is 5.02 Å². The monoisotopic (exact) mass is 264 g/mol. The number of para-hydroxylation sites is 1. The SMILES string of the molecule is CNCCCc1cc2cccc(Cl)c2n(C)c1=O. The molecule has 0 saturated heterocycles. The molecule has 1 aromatic heterocycles. The Morgan fingerprint density at radius 3 is 2.89 bits per heavy atom. The Balaban J connectivity index is 2.51. The van der Waals surface area contributed by atoms with Crippen molar-refractivity contribution in [3.63, 3.8) is 0 Å². The summed E-state index contributed by atoms with van der Waals surface area (Å²) in [7, 11) is 3.69. The van der Waals surface area contributed by atoms with Crippen LogP contribution < -0.4 is 10.9 Å². The van der Waals surface area contributed by atoms with E-state index in [1.165, 1.54) is 0 Å². The molecule has 1 aromatic carbocycles. The average molecular weight is 265 g/mol. The molecule has 0 spiro atoms. The van der Waals surface area contributed by atoms with Gasteiger partial charge in [-0.05, 0) is 38.6 Å². The highest BCUT2D eigenvalue weighted by molar-refractivity contribution is 6.35. The lowest BCUT2D eigenvalue weighted by molar-refractivity contribution is 0.716. The molecule has 1 N–H and O–H groups in total. The molecule has 2 rings (SSSR count).